The first-order chi connectivity index (χ1) is 6.68. The van der Waals surface area contributed by atoms with E-state index in [4.69, 9.17) is 9.84 Å². The number of amides is 1. The van der Waals surface area contributed by atoms with Crippen molar-refractivity contribution in [2.45, 2.75) is 31.8 Å². The molecule has 1 heterocycles. The summed E-state index contributed by atoms with van der Waals surface area (Å²) in [6.07, 6.45) is 2.27. The molecular weight excluding hydrogens is 186 g/mol. The number of nitrogens with one attached hydrogen (secondary N) is 1. The molecular formula is C9H15NO4. The highest BCUT2D eigenvalue weighted by atomic mass is 16.5. The van der Waals surface area contributed by atoms with E-state index in [9.17, 15) is 9.59 Å². The van der Waals surface area contributed by atoms with Crippen LogP contribution in [0.3, 0.4) is 0 Å². The molecule has 5 nitrogen and oxygen atoms in total. The molecule has 1 amide bonds. The zero-order valence-electron chi connectivity index (χ0n) is 7.99. The van der Waals surface area contributed by atoms with Gasteiger partial charge in [-0.15, -0.1) is 0 Å². The Hall–Kier alpha value is -1.10. The van der Waals surface area contributed by atoms with Crippen LogP contribution in [0, 0.1) is 0 Å². The molecule has 2 N–H and O–H groups in total. The van der Waals surface area contributed by atoms with Gasteiger partial charge in [0.05, 0.1) is 18.9 Å². The van der Waals surface area contributed by atoms with Gasteiger partial charge < -0.3 is 15.2 Å². The maximum atomic E-state index is 11.2. The molecule has 0 aromatic rings. The number of hydrogen-bond donors (Lipinski definition) is 2. The molecule has 14 heavy (non-hydrogen) atoms. The third-order valence-corrected chi connectivity index (χ3v) is 2.10. The lowest BCUT2D eigenvalue weighted by atomic mass is 10.2. The second kappa shape index (κ2) is 5.59. The molecule has 1 saturated heterocycles. The van der Waals surface area contributed by atoms with Gasteiger partial charge in [0.2, 0.25) is 5.91 Å². The summed E-state index contributed by atoms with van der Waals surface area (Å²) < 4.78 is 5.27. The first-order valence-electron chi connectivity index (χ1n) is 4.78. The first kappa shape index (κ1) is 11.0. The third-order valence-electron chi connectivity index (χ3n) is 2.10. The van der Waals surface area contributed by atoms with Gasteiger partial charge >= 0.3 is 5.97 Å². The van der Waals surface area contributed by atoms with Crippen molar-refractivity contribution in [2.75, 3.05) is 13.2 Å². The van der Waals surface area contributed by atoms with Crippen LogP contribution in [0.15, 0.2) is 0 Å². The van der Waals surface area contributed by atoms with Gasteiger partial charge in [-0.25, -0.2) is 0 Å². The summed E-state index contributed by atoms with van der Waals surface area (Å²) in [4.78, 5) is 21.3. The van der Waals surface area contributed by atoms with Gasteiger partial charge in [0.25, 0.3) is 0 Å². The minimum absolute atomic E-state index is 0.0276. The molecule has 1 rings (SSSR count). The van der Waals surface area contributed by atoms with Crippen LogP contribution in [0.4, 0.5) is 0 Å². The van der Waals surface area contributed by atoms with Crippen LogP contribution in [0.2, 0.25) is 0 Å². The second-order valence-electron chi connectivity index (χ2n) is 3.33. The fourth-order valence-electron chi connectivity index (χ4n) is 1.39. The van der Waals surface area contributed by atoms with Crippen LogP contribution in [0.25, 0.3) is 0 Å². The minimum Gasteiger partial charge on any atom is -0.481 e. The maximum absolute atomic E-state index is 11.2. The van der Waals surface area contributed by atoms with Gasteiger partial charge in [-0.05, 0) is 12.8 Å². The van der Waals surface area contributed by atoms with Crippen LogP contribution in [-0.2, 0) is 14.3 Å². The largest absolute Gasteiger partial charge is 0.481 e. The number of aliphatic carboxylic acids is 1. The van der Waals surface area contributed by atoms with Gasteiger partial charge in [0, 0.05) is 13.2 Å². The number of hydrogen-bond acceptors (Lipinski definition) is 3. The zero-order chi connectivity index (χ0) is 10.4. The molecule has 0 bridgehead atoms. The monoisotopic (exact) mass is 201 g/mol. The molecule has 0 aromatic heterocycles. The molecule has 1 aliphatic rings. The van der Waals surface area contributed by atoms with Crippen molar-refractivity contribution in [3.63, 3.8) is 0 Å². The van der Waals surface area contributed by atoms with Crippen LogP contribution in [0.5, 0.6) is 0 Å². The average molecular weight is 201 g/mol. The molecule has 0 spiro atoms. The lowest BCUT2D eigenvalue weighted by molar-refractivity contribution is -0.136. The molecule has 0 aromatic carbocycles. The van der Waals surface area contributed by atoms with Crippen molar-refractivity contribution in [3.8, 4) is 0 Å². The second-order valence-corrected chi connectivity index (χ2v) is 3.33. The molecule has 0 saturated carbocycles. The summed E-state index contributed by atoms with van der Waals surface area (Å²) in [6.45, 7) is 0.925. The minimum atomic E-state index is -0.901. The van der Waals surface area contributed by atoms with Crippen molar-refractivity contribution in [1.82, 2.24) is 5.32 Å². The molecule has 1 fully saturated rings. The molecule has 1 aliphatic heterocycles. The van der Waals surface area contributed by atoms with Crippen molar-refractivity contribution in [2.24, 2.45) is 0 Å². The highest BCUT2D eigenvalue weighted by Gasteiger charge is 2.18. The summed E-state index contributed by atoms with van der Waals surface area (Å²) in [5.41, 5.74) is 0. The van der Waals surface area contributed by atoms with E-state index in [1.165, 1.54) is 0 Å². The Morgan fingerprint density at radius 2 is 2.29 bits per heavy atom. The van der Waals surface area contributed by atoms with Crippen molar-refractivity contribution >= 4 is 11.9 Å². The van der Waals surface area contributed by atoms with Gasteiger partial charge in [-0.3, -0.25) is 9.59 Å². The van der Waals surface area contributed by atoms with E-state index in [-0.39, 0.29) is 25.0 Å². The van der Waals surface area contributed by atoms with E-state index in [2.05, 4.69) is 5.32 Å². The number of ether oxygens (including phenoxy) is 1. The lowest BCUT2D eigenvalue weighted by Gasteiger charge is -2.08. The van der Waals surface area contributed by atoms with Crippen LogP contribution < -0.4 is 5.32 Å². The Morgan fingerprint density at radius 1 is 1.50 bits per heavy atom. The fraction of sp³-hybridized carbons (Fsp3) is 0.778. The molecule has 0 aliphatic carbocycles. The summed E-state index contributed by atoms with van der Waals surface area (Å²) in [6, 6.07) is 0. The number of carboxylic acids is 1. The van der Waals surface area contributed by atoms with Gasteiger partial charge in [-0.1, -0.05) is 0 Å². The lowest BCUT2D eigenvalue weighted by Crippen LogP contribution is -2.29. The van der Waals surface area contributed by atoms with Crippen molar-refractivity contribution in [3.05, 3.63) is 0 Å². The quantitative estimate of drug-likeness (QED) is 0.663. The normalized spacial score (nSPS) is 20.7. The van der Waals surface area contributed by atoms with E-state index in [0.717, 1.165) is 19.4 Å². The van der Waals surface area contributed by atoms with Crippen LogP contribution in [-0.4, -0.2) is 36.2 Å². The van der Waals surface area contributed by atoms with Gasteiger partial charge in [0.1, 0.15) is 0 Å². The van der Waals surface area contributed by atoms with E-state index >= 15 is 0 Å². The van der Waals surface area contributed by atoms with Crippen molar-refractivity contribution in [1.29, 1.82) is 0 Å². The number of carbonyl (C=O) groups is 2. The van der Waals surface area contributed by atoms with Crippen molar-refractivity contribution < 1.29 is 19.4 Å². The van der Waals surface area contributed by atoms with E-state index < -0.39 is 5.97 Å². The van der Waals surface area contributed by atoms with E-state index in [1.54, 1.807) is 0 Å². The Labute approximate surface area is 82.4 Å². The first-order valence-corrected chi connectivity index (χ1v) is 4.78. The van der Waals surface area contributed by atoms with Crippen LogP contribution in [0.1, 0.15) is 25.7 Å². The molecule has 1 atom stereocenters. The summed E-state index contributed by atoms with van der Waals surface area (Å²) >= 11 is 0. The number of carboxylic acid groups (broad SMARTS) is 1. The smallest absolute Gasteiger partial charge is 0.305 e. The van der Waals surface area contributed by atoms with E-state index in [1.807, 2.05) is 0 Å². The third kappa shape index (κ3) is 4.23. The Bertz CT molecular complexity index is 211. The summed E-state index contributed by atoms with van der Waals surface area (Å²) in [7, 11) is 0. The number of rotatable bonds is 5. The maximum Gasteiger partial charge on any atom is 0.305 e. The summed E-state index contributed by atoms with van der Waals surface area (Å²) in [5, 5.41) is 10.9. The predicted octanol–water partition coefficient (Wildman–Crippen LogP) is 0.146. The topological polar surface area (TPSA) is 75.6 Å². The molecule has 5 heteroatoms. The summed E-state index contributed by atoms with van der Waals surface area (Å²) in [5.74, 6) is -1.03. The van der Waals surface area contributed by atoms with Gasteiger partial charge in [-0.2, -0.15) is 0 Å². The number of carbonyl (C=O) groups excluding carboxylic acids is 1. The fourth-order valence-corrected chi connectivity index (χ4v) is 1.39. The standard InChI is InChI=1S/C9H15NO4/c11-8(10-4-3-9(12)13)6-7-2-1-5-14-7/h7H,1-6H2,(H,10,11)(H,12,13). The average Bonchev–Trinajstić information content (AvgIpc) is 2.56. The highest BCUT2D eigenvalue weighted by Crippen LogP contribution is 2.14. The predicted molar refractivity (Wildman–Crippen MR) is 48.9 cm³/mol. The Balaban J connectivity index is 2.06. The Morgan fingerprint density at radius 3 is 2.86 bits per heavy atom. The molecule has 80 valence electrons. The molecule has 1 unspecified atom stereocenters. The van der Waals surface area contributed by atoms with Crippen LogP contribution >= 0.6 is 0 Å². The molecule has 0 radical (unpaired) electrons. The Kier molecular flexibility index (Phi) is 4.39. The SMILES string of the molecule is O=C(O)CCNC(=O)CC1CCCO1. The highest BCUT2D eigenvalue weighted by molar-refractivity contribution is 5.77. The van der Waals surface area contributed by atoms with Gasteiger partial charge in [0.15, 0.2) is 0 Å². The van der Waals surface area contributed by atoms with E-state index in [0.29, 0.717) is 6.42 Å². The zero-order valence-corrected chi connectivity index (χ0v) is 7.99.